The van der Waals surface area contributed by atoms with Crippen molar-refractivity contribution < 1.29 is 9.13 Å². The van der Waals surface area contributed by atoms with Gasteiger partial charge in [0.2, 0.25) is 0 Å². The Labute approximate surface area is 174 Å². The lowest BCUT2D eigenvalue weighted by Gasteiger charge is -2.15. The van der Waals surface area contributed by atoms with E-state index in [0.29, 0.717) is 19.0 Å². The van der Waals surface area contributed by atoms with Crippen molar-refractivity contribution in [3.63, 3.8) is 0 Å². The quantitative estimate of drug-likeness (QED) is 0.424. The van der Waals surface area contributed by atoms with Gasteiger partial charge >= 0.3 is 0 Å². The highest BCUT2D eigenvalue weighted by Crippen LogP contribution is 2.26. The summed E-state index contributed by atoms with van der Waals surface area (Å²) < 4.78 is 21.1. The van der Waals surface area contributed by atoms with Gasteiger partial charge in [-0.05, 0) is 61.9 Å². The van der Waals surface area contributed by atoms with Crippen LogP contribution in [0.25, 0.3) is 16.9 Å². The van der Waals surface area contributed by atoms with Crippen LogP contribution in [0.5, 0.6) is 5.75 Å². The summed E-state index contributed by atoms with van der Waals surface area (Å²) in [5.74, 6) is 1.20. The van der Waals surface area contributed by atoms with E-state index in [1.54, 1.807) is 16.8 Å². The van der Waals surface area contributed by atoms with Gasteiger partial charge in [-0.1, -0.05) is 24.3 Å². The fourth-order valence-corrected chi connectivity index (χ4v) is 3.25. The Balaban J connectivity index is 1.59. The molecular formula is C23H24FN5O. The third-order valence-electron chi connectivity index (χ3n) is 4.82. The largest absolute Gasteiger partial charge is 0.494 e. The van der Waals surface area contributed by atoms with Gasteiger partial charge in [-0.15, -0.1) is 5.10 Å². The van der Waals surface area contributed by atoms with E-state index in [0.717, 1.165) is 34.6 Å². The van der Waals surface area contributed by atoms with Crippen LogP contribution in [0.1, 0.15) is 24.9 Å². The normalized spacial score (nSPS) is 12.1. The van der Waals surface area contributed by atoms with Crippen molar-refractivity contribution in [3.8, 4) is 17.0 Å². The standard InChI is InChI=1S/C23H24FN5O/c1-16(17-5-2-7-19(24)13-17)27-22-9-10-23-26-15-21(29(23)28-22)18-6-3-8-20(14-18)30-12-4-11-25/h2-3,5-10,13-16H,4,11-12,25H2,1H3,(H,27,28). The molecule has 1 atom stereocenters. The van der Waals surface area contributed by atoms with Crippen LogP contribution in [-0.4, -0.2) is 27.7 Å². The van der Waals surface area contributed by atoms with Gasteiger partial charge in [0.15, 0.2) is 5.65 Å². The summed E-state index contributed by atoms with van der Waals surface area (Å²) in [6, 6.07) is 18.1. The zero-order valence-electron chi connectivity index (χ0n) is 16.8. The summed E-state index contributed by atoms with van der Waals surface area (Å²) in [6.07, 6.45) is 2.60. The fourth-order valence-electron chi connectivity index (χ4n) is 3.25. The Kier molecular flexibility index (Phi) is 5.90. The lowest BCUT2D eigenvalue weighted by atomic mass is 10.1. The van der Waals surface area contributed by atoms with Crippen LogP contribution in [0.4, 0.5) is 10.2 Å². The third kappa shape index (κ3) is 4.41. The minimum atomic E-state index is -0.255. The molecule has 0 saturated heterocycles. The minimum Gasteiger partial charge on any atom is -0.494 e. The maximum atomic E-state index is 13.5. The lowest BCUT2D eigenvalue weighted by Crippen LogP contribution is -2.10. The summed E-state index contributed by atoms with van der Waals surface area (Å²) in [4.78, 5) is 4.46. The summed E-state index contributed by atoms with van der Waals surface area (Å²) >= 11 is 0. The summed E-state index contributed by atoms with van der Waals surface area (Å²) in [6.45, 7) is 3.15. The van der Waals surface area contributed by atoms with Gasteiger partial charge in [-0.2, -0.15) is 0 Å². The number of imidazole rings is 1. The van der Waals surface area contributed by atoms with Crippen molar-refractivity contribution in [1.82, 2.24) is 14.6 Å². The molecule has 0 radical (unpaired) electrons. The van der Waals surface area contributed by atoms with E-state index < -0.39 is 0 Å². The molecule has 154 valence electrons. The zero-order chi connectivity index (χ0) is 20.9. The molecule has 4 aromatic rings. The average Bonchev–Trinajstić information content (AvgIpc) is 3.17. The number of fused-ring (bicyclic) bond motifs is 1. The predicted molar refractivity (Wildman–Crippen MR) is 116 cm³/mol. The van der Waals surface area contributed by atoms with Crippen molar-refractivity contribution in [1.29, 1.82) is 0 Å². The molecule has 0 aliphatic rings. The molecule has 1 unspecified atom stereocenters. The van der Waals surface area contributed by atoms with Crippen LogP contribution in [0.15, 0.2) is 66.9 Å². The molecule has 0 bridgehead atoms. The van der Waals surface area contributed by atoms with Crippen LogP contribution in [0.2, 0.25) is 0 Å². The van der Waals surface area contributed by atoms with Gasteiger partial charge in [-0.25, -0.2) is 13.9 Å². The van der Waals surface area contributed by atoms with Gasteiger partial charge in [0.25, 0.3) is 0 Å². The molecule has 30 heavy (non-hydrogen) atoms. The number of rotatable bonds is 8. The first-order valence-corrected chi connectivity index (χ1v) is 9.94. The number of nitrogens with zero attached hydrogens (tertiary/aromatic N) is 3. The second kappa shape index (κ2) is 8.92. The van der Waals surface area contributed by atoms with E-state index in [1.165, 1.54) is 12.1 Å². The van der Waals surface area contributed by atoms with Crippen molar-refractivity contribution in [2.45, 2.75) is 19.4 Å². The lowest BCUT2D eigenvalue weighted by molar-refractivity contribution is 0.313. The second-order valence-electron chi connectivity index (χ2n) is 7.07. The van der Waals surface area contributed by atoms with E-state index in [4.69, 9.17) is 15.6 Å². The Morgan fingerprint density at radius 3 is 2.83 bits per heavy atom. The van der Waals surface area contributed by atoms with E-state index >= 15 is 0 Å². The molecule has 0 aliphatic carbocycles. The first-order chi connectivity index (χ1) is 14.6. The van der Waals surface area contributed by atoms with Crippen LogP contribution >= 0.6 is 0 Å². The number of ether oxygens (including phenoxy) is 1. The number of halogens is 1. The number of nitrogens with one attached hydrogen (secondary N) is 1. The van der Waals surface area contributed by atoms with Crippen molar-refractivity contribution in [3.05, 3.63) is 78.2 Å². The number of nitrogens with two attached hydrogens (primary N) is 1. The van der Waals surface area contributed by atoms with Crippen molar-refractivity contribution >= 4 is 11.5 Å². The molecule has 0 spiro atoms. The Morgan fingerprint density at radius 1 is 1.13 bits per heavy atom. The number of anilines is 1. The second-order valence-corrected chi connectivity index (χ2v) is 7.07. The molecule has 0 amide bonds. The average molecular weight is 405 g/mol. The maximum Gasteiger partial charge on any atom is 0.154 e. The topological polar surface area (TPSA) is 77.5 Å². The number of aromatic nitrogens is 3. The Bertz CT molecular complexity index is 1140. The van der Waals surface area contributed by atoms with Gasteiger partial charge < -0.3 is 15.8 Å². The highest BCUT2D eigenvalue weighted by Gasteiger charge is 2.11. The van der Waals surface area contributed by atoms with Gasteiger partial charge in [0.05, 0.1) is 24.5 Å². The predicted octanol–water partition coefficient (Wildman–Crippen LogP) is 4.44. The van der Waals surface area contributed by atoms with Crippen LogP contribution in [-0.2, 0) is 0 Å². The molecule has 6 nitrogen and oxygen atoms in total. The molecule has 4 rings (SSSR count). The highest BCUT2D eigenvalue weighted by molar-refractivity contribution is 5.65. The number of hydrogen-bond donors (Lipinski definition) is 2. The number of hydrogen-bond acceptors (Lipinski definition) is 5. The van der Waals surface area contributed by atoms with E-state index in [9.17, 15) is 4.39 Å². The SMILES string of the molecule is CC(Nc1ccc2ncc(-c3cccc(OCCCN)c3)n2n1)c1cccc(F)c1. The molecular weight excluding hydrogens is 381 g/mol. The van der Waals surface area contributed by atoms with Crippen LogP contribution < -0.4 is 15.8 Å². The van der Waals surface area contributed by atoms with Gasteiger partial charge in [0, 0.05) is 5.56 Å². The first-order valence-electron chi connectivity index (χ1n) is 9.94. The van der Waals surface area contributed by atoms with E-state index in [1.807, 2.05) is 49.4 Å². The molecule has 3 N–H and O–H groups in total. The van der Waals surface area contributed by atoms with Crippen molar-refractivity contribution in [2.24, 2.45) is 5.73 Å². The fraction of sp³-hybridized carbons (Fsp3) is 0.217. The van der Waals surface area contributed by atoms with E-state index in [-0.39, 0.29) is 11.9 Å². The molecule has 2 heterocycles. The third-order valence-corrected chi connectivity index (χ3v) is 4.82. The first kappa shape index (κ1) is 19.8. The minimum absolute atomic E-state index is 0.100. The van der Waals surface area contributed by atoms with Gasteiger partial charge in [0.1, 0.15) is 17.4 Å². The molecule has 7 heteroatoms. The zero-order valence-corrected chi connectivity index (χ0v) is 16.8. The van der Waals surface area contributed by atoms with Crippen LogP contribution in [0, 0.1) is 5.82 Å². The number of benzene rings is 2. The Morgan fingerprint density at radius 2 is 2.00 bits per heavy atom. The van der Waals surface area contributed by atoms with Gasteiger partial charge in [-0.3, -0.25) is 0 Å². The molecule has 0 saturated carbocycles. The summed E-state index contributed by atoms with van der Waals surface area (Å²) in [5, 5.41) is 8.03. The molecule has 2 aromatic heterocycles. The maximum absolute atomic E-state index is 13.5. The van der Waals surface area contributed by atoms with Crippen LogP contribution in [0.3, 0.4) is 0 Å². The monoisotopic (exact) mass is 405 g/mol. The summed E-state index contributed by atoms with van der Waals surface area (Å²) in [7, 11) is 0. The molecule has 0 fully saturated rings. The Hall–Kier alpha value is -3.45. The van der Waals surface area contributed by atoms with E-state index in [2.05, 4.69) is 10.3 Å². The smallest absolute Gasteiger partial charge is 0.154 e. The summed E-state index contributed by atoms with van der Waals surface area (Å²) in [5.41, 5.74) is 8.93. The molecule has 0 aliphatic heterocycles. The van der Waals surface area contributed by atoms with Crippen molar-refractivity contribution in [2.75, 3.05) is 18.5 Å². The highest BCUT2D eigenvalue weighted by atomic mass is 19.1. The molecule has 2 aromatic carbocycles.